The van der Waals surface area contributed by atoms with Gasteiger partial charge in [-0.2, -0.15) is 0 Å². The molecule has 0 spiro atoms. The van der Waals surface area contributed by atoms with E-state index < -0.39 is 12.1 Å². The summed E-state index contributed by atoms with van der Waals surface area (Å²) in [7, 11) is 0. The Hall–Kier alpha value is -2.55. The summed E-state index contributed by atoms with van der Waals surface area (Å²) in [5.41, 5.74) is 6.23. The van der Waals surface area contributed by atoms with Crippen molar-refractivity contribution in [3.63, 3.8) is 0 Å². The minimum Gasteiger partial charge on any atom is -0.405 e. The standard InChI is InChI=1S/C12H7ClF3N5O/c13-6-1-2-7(9(3-6)22-12(14,15)16)10-8-4-18-5-21(8)11(17)20-19-10/h1-5H,(H2,17,20). The average Bonchev–Trinajstić information content (AvgIpc) is 2.89. The van der Waals surface area contributed by atoms with Crippen LogP contribution < -0.4 is 10.5 Å². The van der Waals surface area contributed by atoms with E-state index in [9.17, 15) is 13.2 Å². The number of hydrogen-bond acceptors (Lipinski definition) is 5. The Balaban J connectivity index is 2.22. The zero-order chi connectivity index (χ0) is 15.9. The lowest BCUT2D eigenvalue weighted by Gasteiger charge is -2.13. The highest BCUT2D eigenvalue weighted by atomic mass is 35.5. The third kappa shape index (κ3) is 2.62. The Morgan fingerprint density at radius 1 is 1.23 bits per heavy atom. The molecule has 0 aliphatic rings. The van der Waals surface area contributed by atoms with Crippen LogP contribution in [0.2, 0.25) is 5.02 Å². The van der Waals surface area contributed by atoms with Crippen molar-refractivity contribution in [1.82, 2.24) is 19.6 Å². The van der Waals surface area contributed by atoms with Crippen molar-refractivity contribution in [2.45, 2.75) is 6.36 Å². The van der Waals surface area contributed by atoms with Crippen LogP contribution in [-0.4, -0.2) is 25.9 Å². The third-order valence-corrected chi connectivity index (χ3v) is 3.04. The van der Waals surface area contributed by atoms with E-state index in [4.69, 9.17) is 17.3 Å². The molecule has 0 unspecified atom stereocenters. The molecule has 114 valence electrons. The fourth-order valence-corrected chi connectivity index (χ4v) is 2.11. The predicted molar refractivity (Wildman–Crippen MR) is 72.3 cm³/mol. The molecular weight excluding hydrogens is 323 g/mol. The van der Waals surface area contributed by atoms with Crippen LogP contribution in [0, 0.1) is 0 Å². The molecule has 22 heavy (non-hydrogen) atoms. The summed E-state index contributed by atoms with van der Waals surface area (Å²) in [4.78, 5) is 3.88. The normalized spacial score (nSPS) is 11.8. The lowest BCUT2D eigenvalue weighted by atomic mass is 10.1. The maximum Gasteiger partial charge on any atom is 0.573 e. The molecule has 2 N–H and O–H groups in total. The maximum absolute atomic E-state index is 12.5. The molecule has 2 heterocycles. The van der Waals surface area contributed by atoms with Crippen molar-refractivity contribution in [3.05, 3.63) is 35.7 Å². The molecule has 0 aliphatic carbocycles. The summed E-state index contributed by atoms with van der Waals surface area (Å²) < 4.78 is 43.1. The molecule has 0 amide bonds. The Bertz CT molecular complexity index is 848. The van der Waals surface area contributed by atoms with Crippen LogP contribution in [0.5, 0.6) is 5.75 Å². The summed E-state index contributed by atoms with van der Waals surface area (Å²) >= 11 is 5.73. The molecular formula is C12H7ClF3N5O. The number of rotatable bonds is 2. The fraction of sp³-hybridized carbons (Fsp3) is 0.0833. The van der Waals surface area contributed by atoms with Gasteiger partial charge in [0, 0.05) is 10.6 Å². The molecule has 2 aromatic heterocycles. The number of imidazole rings is 1. The highest BCUT2D eigenvalue weighted by molar-refractivity contribution is 6.30. The molecule has 0 bridgehead atoms. The number of hydrogen-bond donors (Lipinski definition) is 1. The molecule has 3 rings (SSSR count). The number of benzene rings is 1. The quantitative estimate of drug-likeness (QED) is 0.782. The van der Waals surface area contributed by atoms with Crippen LogP contribution >= 0.6 is 11.6 Å². The van der Waals surface area contributed by atoms with E-state index in [1.807, 2.05) is 0 Å². The van der Waals surface area contributed by atoms with Gasteiger partial charge in [0.1, 0.15) is 17.8 Å². The maximum atomic E-state index is 12.5. The van der Waals surface area contributed by atoms with Gasteiger partial charge in [0.25, 0.3) is 0 Å². The zero-order valence-corrected chi connectivity index (χ0v) is 11.4. The highest BCUT2D eigenvalue weighted by Crippen LogP contribution is 2.36. The van der Waals surface area contributed by atoms with E-state index in [1.54, 1.807) is 0 Å². The van der Waals surface area contributed by atoms with Gasteiger partial charge in [0.15, 0.2) is 0 Å². The van der Waals surface area contributed by atoms with Gasteiger partial charge >= 0.3 is 6.36 Å². The Morgan fingerprint density at radius 2 is 2.00 bits per heavy atom. The topological polar surface area (TPSA) is 78.3 Å². The monoisotopic (exact) mass is 329 g/mol. The van der Waals surface area contributed by atoms with Crippen LogP contribution in [0.1, 0.15) is 0 Å². The van der Waals surface area contributed by atoms with Crippen molar-refractivity contribution < 1.29 is 17.9 Å². The van der Waals surface area contributed by atoms with Crippen LogP contribution in [0.25, 0.3) is 16.8 Å². The molecule has 10 heteroatoms. The number of nitrogen functional groups attached to an aromatic ring is 1. The van der Waals surface area contributed by atoms with E-state index in [2.05, 4.69) is 19.9 Å². The molecule has 0 atom stereocenters. The zero-order valence-electron chi connectivity index (χ0n) is 10.7. The van der Waals surface area contributed by atoms with Gasteiger partial charge in [-0.15, -0.1) is 23.4 Å². The fourth-order valence-electron chi connectivity index (χ4n) is 1.95. The lowest BCUT2D eigenvalue weighted by molar-refractivity contribution is -0.274. The van der Waals surface area contributed by atoms with Crippen LogP contribution in [0.4, 0.5) is 19.1 Å². The van der Waals surface area contributed by atoms with Gasteiger partial charge in [0.05, 0.1) is 11.7 Å². The second-order valence-corrected chi connectivity index (χ2v) is 4.68. The van der Waals surface area contributed by atoms with Gasteiger partial charge in [-0.25, -0.2) is 4.98 Å². The first-order valence-electron chi connectivity index (χ1n) is 5.85. The van der Waals surface area contributed by atoms with Gasteiger partial charge < -0.3 is 10.5 Å². The summed E-state index contributed by atoms with van der Waals surface area (Å²) in [6.45, 7) is 0. The molecule has 0 saturated carbocycles. The molecule has 0 radical (unpaired) electrons. The number of fused-ring (bicyclic) bond motifs is 1. The van der Waals surface area contributed by atoms with Gasteiger partial charge in [-0.05, 0) is 18.2 Å². The first-order chi connectivity index (χ1) is 10.3. The van der Waals surface area contributed by atoms with Crippen LogP contribution in [0.15, 0.2) is 30.7 Å². The molecule has 0 fully saturated rings. The summed E-state index contributed by atoms with van der Waals surface area (Å²) in [6, 6.07) is 3.83. The first kappa shape index (κ1) is 14.4. The van der Waals surface area contributed by atoms with Crippen molar-refractivity contribution >= 4 is 23.1 Å². The van der Waals surface area contributed by atoms with E-state index in [-0.39, 0.29) is 22.2 Å². The van der Waals surface area contributed by atoms with Gasteiger partial charge in [0.2, 0.25) is 5.95 Å². The third-order valence-electron chi connectivity index (χ3n) is 2.80. The molecule has 6 nitrogen and oxygen atoms in total. The van der Waals surface area contributed by atoms with E-state index in [1.165, 1.54) is 29.1 Å². The first-order valence-corrected chi connectivity index (χ1v) is 6.23. The smallest absolute Gasteiger partial charge is 0.405 e. The van der Waals surface area contributed by atoms with Crippen molar-refractivity contribution in [3.8, 4) is 17.0 Å². The second-order valence-electron chi connectivity index (χ2n) is 4.24. The minimum absolute atomic E-state index is 0.0588. The molecule has 0 saturated heterocycles. The Labute approximate surface area is 126 Å². The van der Waals surface area contributed by atoms with Crippen molar-refractivity contribution in [1.29, 1.82) is 0 Å². The van der Waals surface area contributed by atoms with Crippen molar-refractivity contribution in [2.24, 2.45) is 0 Å². The summed E-state index contributed by atoms with van der Waals surface area (Å²) in [5.74, 6) is -0.425. The SMILES string of the molecule is Nc1nnc(-c2ccc(Cl)cc2OC(F)(F)F)c2cncn12. The van der Waals surface area contributed by atoms with Crippen molar-refractivity contribution in [2.75, 3.05) is 5.73 Å². The Morgan fingerprint density at radius 3 is 2.73 bits per heavy atom. The molecule has 1 aromatic carbocycles. The molecule has 3 aromatic rings. The van der Waals surface area contributed by atoms with Crippen LogP contribution in [-0.2, 0) is 0 Å². The average molecular weight is 330 g/mol. The number of aromatic nitrogens is 4. The summed E-state index contributed by atoms with van der Waals surface area (Å²) in [6.07, 6.45) is -2.08. The largest absolute Gasteiger partial charge is 0.573 e. The van der Waals surface area contributed by atoms with E-state index in [0.717, 1.165) is 6.07 Å². The second kappa shape index (κ2) is 5.02. The minimum atomic E-state index is -4.86. The van der Waals surface area contributed by atoms with E-state index >= 15 is 0 Å². The number of ether oxygens (including phenoxy) is 1. The number of nitrogens with two attached hydrogens (primary N) is 1. The number of anilines is 1. The Kier molecular flexibility index (Phi) is 3.28. The van der Waals surface area contributed by atoms with Gasteiger partial charge in [-0.3, -0.25) is 4.40 Å². The van der Waals surface area contributed by atoms with E-state index in [0.29, 0.717) is 5.52 Å². The van der Waals surface area contributed by atoms with Gasteiger partial charge in [-0.1, -0.05) is 11.6 Å². The predicted octanol–water partition coefficient (Wildman–Crippen LogP) is 2.93. The molecule has 0 aliphatic heterocycles. The number of halogens is 4. The highest BCUT2D eigenvalue weighted by Gasteiger charge is 2.33. The number of alkyl halides is 3. The number of nitrogens with zero attached hydrogens (tertiary/aromatic N) is 4. The van der Waals surface area contributed by atoms with Crippen LogP contribution in [0.3, 0.4) is 0 Å². The summed E-state index contributed by atoms with van der Waals surface area (Å²) in [5, 5.41) is 7.63. The lowest BCUT2D eigenvalue weighted by Crippen LogP contribution is -2.18.